The third kappa shape index (κ3) is 5.00. The zero-order valence-electron chi connectivity index (χ0n) is 17.9. The van der Waals surface area contributed by atoms with Gasteiger partial charge >= 0.3 is 0 Å². The van der Waals surface area contributed by atoms with Gasteiger partial charge in [0, 0.05) is 24.5 Å². The predicted molar refractivity (Wildman–Crippen MR) is 119 cm³/mol. The first-order valence-corrected chi connectivity index (χ1v) is 11.2. The Morgan fingerprint density at radius 2 is 1.69 bits per heavy atom. The van der Waals surface area contributed by atoms with Crippen LogP contribution >= 0.6 is 0 Å². The van der Waals surface area contributed by atoms with Crippen LogP contribution in [0, 0.1) is 0 Å². The van der Waals surface area contributed by atoms with Gasteiger partial charge in [-0.1, -0.05) is 6.07 Å². The highest BCUT2D eigenvalue weighted by Gasteiger charge is 2.30. The van der Waals surface area contributed by atoms with E-state index < -0.39 is 21.0 Å². The number of pyridine rings is 1. The molecule has 1 amide bonds. The minimum Gasteiger partial charge on any atom is -0.497 e. The maximum Gasteiger partial charge on any atom is 0.251 e. The van der Waals surface area contributed by atoms with Gasteiger partial charge in [-0.3, -0.25) is 9.78 Å². The summed E-state index contributed by atoms with van der Waals surface area (Å²) in [4.78, 5) is 16.9. The summed E-state index contributed by atoms with van der Waals surface area (Å²) in [6.07, 6.45) is 3.04. The second-order valence-corrected chi connectivity index (χ2v) is 8.91. The standard InChI is InChI=1S/C23H24N2O6S/c1-29-18-7-9-19(10-8-18)32(27,28)22(17-5-4-12-24-14-17)15-25-23(26)16-6-11-20(30-2)21(13-16)31-3/h4-14,22H,15H2,1-3H3,(H,25,26). The van der Waals surface area contributed by atoms with Gasteiger partial charge in [-0.2, -0.15) is 0 Å². The quantitative estimate of drug-likeness (QED) is 0.528. The molecule has 0 bridgehead atoms. The maximum absolute atomic E-state index is 13.4. The van der Waals surface area contributed by atoms with Crippen LogP contribution in [-0.2, 0) is 9.84 Å². The number of sulfone groups is 1. The van der Waals surface area contributed by atoms with E-state index in [-0.39, 0.29) is 11.4 Å². The largest absolute Gasteiger partial charge is 0.497 e. The van der Waals surface area contributed by atoms with Crippen molar-refractivity contribution in [3.05, 3.63) is 78.1 Å². The van der Waals surface area contributed by atoms with E-state index in [2.05, 4.69) is 10.3 Å². The molecule has 1 unspecified atom stereocenters. The summed E-state index contributed by atoms with van der Waals surface area (Å²) in [5, 5.41) is 1.68. The van der Waals surface area contributed by atoms with Crippen molar-refractivity contribution in [2.75, 3.05) is 27.9 Å². The molecule has 9 heteroatoms. The Kier molecular flexibility index (Phi) is 7.32. The van der Waals surface area contributed by atoms with E-state index in [9.17, 15) is 13.2 Å². The average Bonchev–Trinajstić information content (AvgIpc) is 2.84. The van der Waals surface area contributed by atoms with Crippen LogP contribution < -0.4 is 19.5 Å². The van der Waals surface area contributed by atoms with Gasteiger partial charge in [-0.15, -0.1) is 0 Å². The Morgan fingerprint density at radius 1 is 0.969 bits per heavy atom. The highest BCUT2D eigenvalue weighted by molar-refractivity contribution is 7.91. The zero-order chi connectivity index (χ0) is 23.1. The Bertz CT molecular complexity index is 1160. The maximum atomic E-state index is 13.4. The highest BCUT2D eigenvalue weighted by atomic mass is 32.2. The molecule has 1 aromatic heterocycles. The molecule has 1 heterocycles. The van der Waals surface area contributed by atoms with Crippen molar-refractivity contribution < 1.29 is 27.4 Å². The lowest BCUT2D eigenvalue weighted by Crippen LogP contribution is -2.32. The third-order valence-electron chi connectivity index (χ3n) is 4.91. The molecule has 0 aliphatic heterocycles. The summed E-state index contributed by atoms with van der Waals surface area (Å²) < 4.78 is 42.3. The number of aromatic nitrogens is 1. The molecule has 2 aromatic carbocycles. The first kappa shape index (κ1) is 23.1. The summed E-state index contributed by atoms with van der Waals surface area (Å²) in [6.45, 7) is -0.146. The van der Waals surface area contributed by atoms with Gasteiger partial charge in [0.05, 0.1) is 26.2 Å². The van der Waals surface area contributed by atoms with Crippen molar-refractivity contribution in [2.24, 2.45) is 0 Å². The summed E-state index contributed by atoms with van der Waals surface area (Å²) in [5.74, 6) is 0.989. The highest BCUT2D eigenvalue weighted by Crippen LogP contribution is 2.30. The van der Waals surface area contributed by atoms with Crippen molar-refractivity contribution >= 4 is 15.7 Å². The molecule has 0 radical (unpaired) electrons. The number of amides is 1. The SMILES string of the molecule is COc1ccc(S(=O)(=O)C(CNC(=O)c2ccc(OC)c(OC)c2)c2cccnc2)cc1. The Hall–Kier alpha value is -3.59. The van der Waals surface area contributed by atoms with Crippen LogP contribution in [0.1, 0.15) is 21.2 Å². The molecule has 0 aliphatic carbocycles. The number of hydrogen-bond donors (Lipinski definition) is 1. The molecular weight excluding hydrogens is 432 g/mol. The smallest absolute Gasteiger partial charge is 0.251 e. The van der Waals surface area contributed by atoms with Gasteiger partial charge in [0.1, 0.15) is 11.0 Å². The molecule has 32 heavy (non-hydrogen) atoms. The molecule has 1 atom stereocenters. The van der Waals surface area contributed by atoms with Crippen LogP contribution in [0.2, 0.25) is 0 Å². The first-order chi connectivity index (χ1) is 15.4. The minimum atomic E-state index is -3.84. The van der Waals surface area contributed by atoms with Gasteiger partial charge in [-0.05, 0) is 54.1 Å². The fourth-order valence-corrected chi connectivity index (χ4v) is 4.81. The van der Waals surface area contributed by atoms with Crippen molar-refractivity contribution in [3.8, 4) is 17.2 Å². The number of benzene rings is 2. The number of carbonyl (C=O) groups is 1. The Morgan fingerprint density at radius 3 is 2.28 bits per heavy atom. The molecule has 0 fully saturated rings. The monoisotopic (exact) mass is 456 g/mol. The van der Waals surface area contributed by atoms with Crippen LogP contribution in [0.4, 0.5) is 0 Å². The number of methoxy groups -OCH3 is 3. The van der Waals surface area contributed by atoms with Gasteiger partial charge in [0.15, 0.2) is 21.3 Å². The Labute approximate surface area is 187 Å². The van der Waals surface area contributed by atoms with Crippen LogP contribution in [0.3, 0.4) is 0 Å². The molecule has 1 N–H and O–H groups in total. The number of nitrogens with one attached hydrogen (secondary N) is 1. The Balaban J connectivity index is 1.88. The average molecular weight is 457 g/mol. The molecule has 168 valence electrons. The van der Waals surface area contributed by atoms with Crippen LogP contribution in [0.15, 0.2) is 71.9 Å². The van der Waals surface area contributed by atoms with E-state index in [1.54, 1.807) is 42.6 Å². The second kappa shape index (κ2) is 10.1. The van der Waals surface area contributed by atoms with Crippen molar-refractivity contribution in [1.29, 1.82) is 0 Å². The number of carbonyl (C=O) groups excluding carboxylic acids is 1. The summed E-state index contributed by atoms with van der Waals surface area (Å²) in [6, 6.07) is 14.2. The lowest BCUT2D eigenvalue weighted by atomic mass is 10.1. The lowest BCUT2D eigenvalue weighted by Gasteiger charge is -2.19. The summed E-state index contributed by atoms with van der Waals surface area (Å²) in [7, 11) is 0.642. The second-order valence-electron chi connectivity index (χ2n) is 6.78. The predicted octanol–water partition coefficient (Wildman–Crippen LogP) is 3.05. The van der Waals surface area contributed by atoms with Crippen molar-refractivity contribution in [1.82, 2.24) is 10.3 Å². The molecule has 3 rings (SSSR count). The van der Waals surface area contributed by atoms with Crippen LogP contribution in [0.25, 0.3) is 0 Å². The molecule has 3 aromatic rings. The molecule has 0 saturated carbocycles. The van der Waals surface area contributed by atoms with Crippen molar-refractivity contribution in [3.63, 3.8) is 0 Å². The van der Waals surface area contributed by atoms with E-state index >= 15 is 0 Å². The van der Waals surface area contributed by atoms with E-state index in [0.29, 0.717) is 28.4 Å². The summed E-state index contributed by atoms with van der Waals surface area (Å²) >= 11 is 0. The van der Waals surface area contributed by atoms with Crippen molar-refractivity contribution in [2.45, 2.75) is 10.1 Å². The third-order valence-corrected chi connectivity index (χ3v) is 7.03. The number of rotatable bonds is 9. The molecule has 0 spiro atoms. The zero-order valence-corrected chi connectivity index (χ0v) is 18.8. The van der Waals surface area contributed by atoms with Gasteiger partial charge in [-0.25, -0.2) is 8.42 Å². The van der Waals surface area contributed by atoms with Crippen LogP contribution in [0.5, 0.6) is 17.2 Å². The molecule has 0 aliphatic rings. The molecule has 0 saturated heterocycles. The van der Waals surface area contributed by atoms with Gasteiger partial charge < -0.3 is 19.5 Å². The number of ether oxygens (including phenoxy) is 3. The number of hydrogen-bond acceptors (Lipinski definition) is 7. The minimum absolute atomic E-state index is 0.118. The van der Waals surface area contributed by atoms with E-state index in [4.69, 9.17) is 14.2 Å². The van der Waals surface area contributed by atoms with E-state index in [0.717, 1.165) is 0 Å². The molecule has 8 nitrogen and oxygen atoms in total. The van der Waals surface area contributed by atoms with Gasteiger partial charge in [0.2, 0.25) is 0 Å². The normalized spacial score (nSPS) is 12.0. The van der Waals surface area contributed by atoms with E-state index in [1.807, 2.05) is 0 Å². The fraction of sp³-hybridized carbons (Fsp3) is 0.217. The fourth-order valence-electron chi connectivity index (χ4n) is 3.17. The first-order valence-electron chi connectivity index (χ1n) is 9.68. The topological polar surface area (TPSA) is 104 Å². The van der Waals surface area contributed by atoms with Crippen LogP contribution in [-0.4, -0.2) is 47.2 Å². The summed E-state index contributed by atoms with van der Waals surface area (Å²) in [5.41, 5.74) is 0.783. The lowest BCUT2D eigenvalue weighted by molar-refractivity contribution is 0.0953. The van der Waals surface area contributed by atoms with E-state index in [1.165, 1.54) is 45.7 Å². The molecular formula is C23H24N2O6S. The van der Waals surface area contributed by atoms with Gasteiger partial charge in [0.25, 0.3) is 5.91 Å². The number of nitrogens with zero attached hydrogens (tertiary/aromatic N) is 1.